The van der Waals surface area contributed by atoms with Crippen molar-refractivity contribution < 1.29 is 4.74 Å². The Morgan fingerprint density at radius 1 is 1.18 bits per heavy atom. The van der Waals surface area contributed by atoms with Crippen molar-refractivity contribution >= 4 is 11.5 Å². The van der Waals surface area contributed by atoms with Crippen LogP contribution in [0.3, 0.4) is 0 Å². The predicted octanol–water partition coefficient (Wildman–Crippen LogP) is 1.80. The molecule has 0 unspecified atom stereocenters. The standard InChI is InChI=1S/C13H17N3O/c1-11-14-13-5-3-2-4-12(13)10-16(11)15-6-8-17-9-7-15/h2-5H,6-10H2,1H3. The summed E-state index contributed by atoms with van der Waals surface area (Å²) in [5.74, 6) is 1.07. The first kappa shape index (κ1) is 10.7. The van der Waals surface area contributed by atoms with Crippen LogP contribution < -0.4 is 0 Å². The van der Waals surface area contributed by atoms with Crippen molar-refractivity contribution in [2.75, 3.05) is 26.3 Å². The van der Waals surface area contributed by atoms with Crippen molar-refractivity contribution in [1.82, 2.24) is 10.0 Å². The lowest BCUT2D eigenvalue weighted by Crippen LogP contribution is -2.51. The second-order valence-electron chi connectivity index (χ2n) is 4.41. The highest BCUT2D eigenvalue weighted by Crippen LogP contribution is 2.26. The predicted molar refractivity (Wildman–Crippen MR) is 67.1 cm³/mol. The number of para-hydroxylation sites is 1. The Morgan fingerprint density at radius 2 is 1.94 bits per heavy atom. The molecule has 1 aromatic carbocycles. The van der Waals surface area contributed by atoms with Crippen molar-refractivity contribution in [3.05, 3.63) is 29.8 Å². The van der Waals surface area contributed by atoms with Crippen molar-refractivity contribution in [2.24, 2.45) is 4.99 Å². The molecule has 0 aliphatic carbocycles. The minimum Gasteiger partial charge on any atom is -0.379 e. The first-order valence-corrected chi connectivity index (χ1v) is 6.08. The van der Waals surface area contributed by atoms with Gasteiger partial charge in [0.1, 0.15) is 5.84 Å². The van der Waals surface area contributed by atoms with Crippen molar-refractivity contribution in [1.29, 1.82) is 0 Å². The minimum absolute atomic E-state index is 0.811. The van der Waals surface area contributed by atoms with E-state index in [0.29, 0.717) is 0 Å². The van der Waals surface area contributed by atoms with Gasteiger partial charge in [-0.1, -0.05) is 18.2 Å². The average molecular weight is 231 g/mol. The lowest BCUT2D eigenvalue weighted by Gasteiger charge is -2.40. The number of amidine groups is 1. The van der Waals surface area contributed by atoms with Gasteiger partial charge in [0.05, 0.1) is 25.4 Å². The zero-order chi connectivity index (χ0) is 11.7. The minimum atomic E-state index is 0.811. The number of hydrazine groups is 1. The summed E-state index contributed by atoms with van der Waals surface area (Å²) in [5.41, 5.74) is 2.40. The Hall–Kier alpha value is -1.39. The molecule has 0 aromatic heterocycles. The number of rotatable bonds is 1. The third kappa shape index (κ3) is 2.06. The van der Waals surface area contributed by atoms with E-state index >= 15 is 0 Å². The summed E-state index contributed by atoms with van der Waals surface area (Å²) in [5, 5.41) is 4.60. The Bertz CT molecular complexity index is 438. The van der Waals surface area contributed by atoms with E-state index in [1.807, 2.05) is 6.07 Å². The smallest absolute Gasteiger partial charge is 0.116 e. The van der Waals surface area contributed by atoms with Crippen LogP contribution >= 0.6 is 0 Å². The van der Waals surface area contributed by atoms with E-state index in [-0.39, 0.29) is 0 Å². The largest absolute Gasteiger partial charge is 0.379 e. The topological polar surface area (TPSA) is 28.1 Å². The zero-order valence-electron chi connectivity index (χ0n) is 10.1. The number of nitrogens with zero attached hydrogens (tertiary/aromatic N) is 3. The normalized spacial score (nSPS) is 21.0. The Kier molecular flexibility index (Phi) is 2.82. The van der Waals surface area contributed by atoms with Gasteiger partial charge in [-0.05, 0) is 18.6 Å². The van der Waals surface area contributed by atoms with E-state index < -0.39 is 0 Å². The van der Waals surface area contributed by atoms with E-state index in [2.05, 4.69) is 40.1 Å². The number of benzene rings is 1. The second kappa shape index (κ2) is 4.47. The third-order valence-corrected chi connectivity index (χ3v) is 3.30. The molecule has 0 atom stereocenters. The van der Waals surface area contributed by atoms with Gasteiger partial charge in [-0.25, -0.2) is 10.0 Å². The SMILES string of the molecule is CC1=Nc2ccccc2CN1N1CCOCC1. The highest BCUT2D eigenvalue weighted by atomic mass is 16.5. The molecule has 4 heteroatoms. The summed E-state index contributed by atoms with van der Waals surface area (Å²) in [6.07, 6.45) is 0. The van der Waals surface area contributed by atoms with Crippen LogP contribution in [0.25, 0.3) is 0 Å². The van der Waals surface area contributed by atoms with Crippen LogP contribution in [-0.4, -0.2) is 42.2 Å². The van der Waals surface area contributed by atoms with Gasteiger partial charge in [-0.2, -0.15) is 0 Å². The van der Waals surface area contributed by atoms with Gasteiger partial charge < -0.3 is 4.74 Å². The van der Waals surface area contributed by atoms with Crippen LogP contribution in [0, 0.1) is 0 Å². The molecule has 1 aromatic rings. The highest BCUT2D eigenvalue weighted by Gasteiger charge is 2.23. The van der Waals surface area contributed by atoms with E-state index in [1.165, 1.54) is 5.56 Å². The van der Waals surface area contributed by atoms with Crippen LogP contribution in [-0.2, 0) is 11.3 Å². The van der Waals surface area contributed by atoms with Gasteiger partial charge in [0.15, 0.2) is 0 Å². The lowest BCUT2D eigenvalue weighted by molar-refractivity contribution is -0.0551. The number of hydrogen-bond donors (Lipinski definition) is 0. The molecule has 2 heterocycles. The van der Waals surface area contributed by atoms with Gasteiger partial charge in [0, 0.05) is 13.1 Å². The molecular weight excluding hydrogens is 214 g/mol. The molecule has 3 rings (SSSR count). The summed E-state index contributed by atoms with van der Waals surface area (Å²) in [6.45, 7) is 6.53. The molecule has 0 N–H and O–H groups in total. The van der Waals surface area contributed by atoms with Crippen LogP contribution in [0.5, 0.6) is 0 Å². The van der Waals surface area contributed by atoms with E-state index in [9.17, 15) is 0 Å². The lowest BCUT2D eigenvalue weighted by atomic mass is 10.1. The first-order valence-electron chi connectivity index (χ1n) is 6.08. The van der Waals surface area contributed by atoms with Gasteiger partial charge in [0.2, 0.25) is 0 Å². The third-order valence-electron chi connectivity index (χ3n) is 3.30. The summed E-state index contributed by atoms with van der Waals surface area (Å²) >= 11 is 0. The van der Waals surface area contributed by atoms with Gasteiger partial charge in [-0.3, -0.25) is 5.01 Å². The van der Waals surface area contributed by atoms with Gasteiger partial charge in [0.25, 0.3) is 0 Å². The summed E-state index contributed by atoms with van der Waals surface area (Å²) in [7, 11) is 0. The number of fused-ring (bicyclic) bond motifs is 1. The first-order chi connectivity index (χ1) is 8.34. The fraction of sp³-hybridized carbons (Fsp3) is 0.462. The molecule has 1 fully saturated rings. The van der Waals surface area contributed by atoms with Gasteiger partial charge in [-0.15, -0.1) is 0 Å². The number of aliphatic imine (C=N–C) groups is 1. The molecule has 90 valence electrons. The highest BCUT2D eigenvalue weighted by molar-refractivity contribution is 5.84. The second-order valence-corrected chi connectivity index (χ2v) is 4.41. The number of hydrogen-bond acceptors (Lipinski definition) is 4. The Balaban J connectivity index is 1.85. The Labute approximate surface area is 101 Å². The van der Waals surface area contributed by atoms with Gasteiger partial charge >= 0.3 is 0 Å². The average Bonchev–Trinajstić information content (AvgIpc) is 2.39. The zero-order valence-corrected chi connectivity index (χ0v) is 10.1. The van der Waals surface area contributed by atoms with Crippen LogP contribution in [0.4, 0.5) is 5.69 Å². The molecule has 0 radical (unpaired) electrons. The van der Waals surface area contributed by atoms with E-state index in [4.69, 9.17) is 4.74 Å². The van der Waals surface area contributed by atoms with E-state index in [0.717, 1.165) is 44.4 Å². The molecule has 0 amide bonds. The summed E-state index contributed by atoms with van der Waals surface area (Å²) < 4.78 is 5.39. The summed E-state index contributed by atoms with van der Waals surface area (Å²) in [4.78, 5) is 4.66. The summed E-state index contributed by atoms with van der Waals surface area (Å²) in [6, 6.07) is 8.35. The maximum atomic E-state index is 5.39. The maximum Gasteiger partial charge on any atom is 0.116 e. The molecule has 1 saturated heterocycles. The fourth-order valence-electron chi connectivity index (χ4n) is 2.36. The molecule has 4 nitrogen and oxygen atoms in total. The Morgan fingerprint density at radius 3 is 2.76 bits per heavy atom. The number of morpholine rings is 1. The molecule has 2 aliphatic rings. The van der Waals surface area contributed by atoms with Crippen molar-refractivity contribution in [3.63, 3.8) is 0 Å². The van der Waals surface area contributed by atoms with E-state index in [1.54, 1.807) is 0 Å². The molecule has 17 heavy (non-hydrogen) atoms. The quantitative estimate of drug-likeness (QED) is 0.737. The monoisotopic (exact) mass is 231 g/mol. The molecule has 0 bridgehead atoms. The van der Waals surface area contributed by atoms with Crippen LogP contribution in [0.1, 0.15) is 12.5 Å². The molecule has 0 saturated carbocycles. The molecule has 0 spiro atoms. The van der Waals surface area contributed by atoms with Crippen LogP contribution in [0.15, 0.2) is 29.3 Å². The number of ether oxygens (including phenoxy) is 1. The fourth-order valence-corrected chi connectivity index (χ4v) is 2.36. The van der Waals surface area contributed by atoms with Crippen LogP contribution in [0.2, 0.25) is 0 Å². The van der Waals surface area contributed by atoms with Crippen molar-refractivity contribution in [3.8, 4) is 0 Å². The maximum absolute atomic E-state index is 5.39. The van der Waals surface area contributed by atoms with Crippen molar-refractivity contribution in [2.45, 2.75) is 13.5 Å². The molecular formula is C13H17N3O. The molecule has 2 aliphatic heterocycles.